The molecule has 1 aromatic heterocycles. The summed E-state index contributed by atoms with van der Waals surface area (Å²) >= 11 is 0. The van der Waals surface area contributed by atoms with Crippen molar-refractivity contribution in [3.05, 3.63) is 71.2 Å². The molecule has 0 radical (unpaired) electrons. The van der Waals surface area contributed by atoms with E-state index in [1.165, 1.54) is 19.2 Å². The molecule has 1 aliphatic rings. The Kier molecular flexibility index (Phi) is 3.53. The number of hydrogen-bond donors (Lipinski definition) is 1. The third-order valence-electron chi connectivity index (χ3n) is 4.42. The molecule has 1 atom stereocenters. The Morgan fingerprint density at radius 3 is 2.64 bits per heavy atom. The molecule has 1 aliphatic heterocycles. The number of ether oxygens (including phenoxy) is 1. The lowest BCUT2D eigenvalue weighted by atomic mass is 9.95. The molecule has 3 aromatic rings. The quantitative estimate of drug-likeness (QED) is 0.726. The molecule has 0 amide bonds. The normalized spacial score (nSPS) is 16.5. The lowest BCUT2D eigenvalue weighted by molar-refractivity contribution is -0.136. The second-order valence-electron chi connectivity index (χ2n) is 5.90. The molecule has 1 unspecified atom stereocenters. The third-order valence-corrected chi connectivity index (χ3v) is 4.42. The monoisotopic (exact) mass is 337 g/mol. The van der Waals surface area contributed by atoms with Gasteiger partial charge in [-0.15, -0.1) is 0 Å². The molecule has 2 heterocycles. The van der Waals surface area contributed by atoms with Crippen molar-refractivity contribution in [3.8, 4) is 0 Å². The fraction of sp³-hybridized carbons (Fsp3) is 0.158. The van der Waals surface area contributed by atoms with Crippen molar-refractivity contribution in [2.24, 2.45) is 0 Å². The number of para-hydroxylation sites is 2. The van der Waals surface area contributed by atoms with Crippen molar-refractivity contribution >= 4 is 23.0 Å². The largest absolute Gasteiger partial charge is 0.466 e. The Morgan fingerprint density at radius 1 is 1.20 bits per heavy atom. The van der Waals surface area contributed by atoms with Crippen LogP contribution in [-0.4, -0.2) is 22.6 Å². The van der Waals surface area contributed by atoms with Crippen LogP contribution in [0.4, 0.5) is 10.3 Å². The SMILES string of the molecule is COC(=O)C1=C(C)Nc2nc3ccccc3n2C1c1ccc(F)cc1. The molecule has 0 aliphatic carbocycles. The fourth-order valence-corrected chi connectivity index (χ4v) is 3.30. The number of aromatic nitrogens is 2. The van der Waals surface area contributed by atoms with E-state index in [2.05, 4.69) is 10.3 Å². The lowest BCUT2D eigenvalue weighted by Gasteiger charge is -2.30. The van der Waals surface area contributed by atoms with Gasteiger partial charge in [-0.25, -0.2) is 14.2 Å². The zero-order chi connectivity index (χ0) is 17.6. The number of benzene rings is 2. The van der Waals surface area contributed by atoms with Gasteiger partial charge in [0.2, 0.25) is 5.95 Å². The Bertz CT molecular complexity index is 1010. The minimum absolute atomic E-state index is 0.325. The standard InChI is InChI=1S/C19H16FN3O2/c1-11-16(18(24)25-2)17(12-7-9-13(20)10-8-12)23-15-6-4-3-5-14(15)22-19(23)21-11/h3-10,17H,1-2H3,(H,21,22). The summed E-state index contributed by atoms with van der Waals surface area (Å²) in [6.45, 7) is 1.81. The molecule has 126 valence electrons. The van der Waals surface area contributed by atoms with Crippen LogP contribution < -0.4 is 5.32 Å². The van der Waals surface area contributed by atoms with E-state index in [4.69, 9.17) is 4.74 Å². The maximum Gasteiger partial charge on any atom is 0.337 e. The number of nitrogens with zero attached hydrogens (tertiary/aromatic N) is 2. The van der Waals surface area contributed by atoms with Crippen molar-refractivity contribution < 1.29 is 13.9 Å². The third kappa shape index (κ3) is 2.38. The van der Waals surface area contributed by atoms with Crippen LogP contribution in [0.1, 0.15) is 18.5 Å². The summed E-state index contributed by atoms with van der Waals surface area (Å²) in [7, 11) is 1.35. The Hall–Kier alpha value is -3.15. The van der Waals surface area contributed by atoms with Gasteiger partial charge in [-0.2, -0.15) is 0 Å². The van der Waals surface area contributed by atoms with E-state index in [1.807, 2.05) is 35.8 Å². The number of carbonyl (C=O) groups excluding carboxylic acids is 1. The van der Waals surface area contributed by atoms with Gasteiger partial charge in [0.05, 0.1) is 29.8 Å². The molecule has 6 heteroatoms. The highest BCUT2D eigenvalue weighted by atomic mass is 19.1. The Labute approximate surface area is 143 Å². The average Bonchev–Trinajstić information content (AvgIpc) is 2.98. The predicted molar refractivity (Wildman–Crippen MR) is 92.6 cm³/mol. The van der Waals surface area contributed by atoms with Crippen LogP contribution in [0.2, 0.25) is 0 Å². The van der Waals surface area contributed by atoms with Crippen molar-refractivity contribution in [3.63, 3.8) is 0 Å². The highest BCUT2D eigenvalue weighted by molar-refractivity contribution is 5.94. The summed E-state index contributed by atoms with van der Waals surface area (Å²) in [6.07, 6.45) is 0. The summed E-state index contributed by atoms with van der Waals surface area (Å²) in [5.74, 6) is -0.114. The molecule has 25 heavy (non-hydrogen) atoms. The highest BCUT2D eigenvalue weighted by Crippen LogP contribution is 2.39. The second kappa shape index (κ2) is 5.73. The van der Waals surface area contributed by atoms with Crippen molar-refractivity contribution in [2.45, 2.75) is 13.0 Å². The van der Waals surface area contributed by atoms with E-state index in [0.29, 0.717) is 17.2 Å². The van der Waals surface area contributed by atoms with Gasteiger partial charge in [0.25, 0.3) is 0 Å². The molecule has 0 saturated carbocycles. The maximum atomic E-state index is 13.4. The predicted octanol–water partition coefficient (Wildman–Crippen LogP) is 3.64. The average molecular weight is 337 g/mol. The van der Waals surface area contributed by atoms with Gasteiger partial charge in [0.1, 0.15) is 5.82 Å². The molecular weight excluding hydrogens is 321 g/mol. The number of halogens is 1. The first kappa shape index (κ1) is 15.4. The van der Waals surface area contributed by atoms with Gasteiger partial charge in [-0.3, -0.25) is 4.57 Å². The number of imidazole rings is 1. The number of hydrogen-bond acceptors (Lipinski definition) is 4. The minimum atomic E-state index is -0.448. The van der Waals surface area contributed by atoms with Crippen molar-refractivity contribution in [1.82, 2.24) is 9.55 Å². The minimum Gasteiger partial charge on any atom is -0.466 e. The second-order valence-corrected chi connectivity index (χ2v) is 5.90. The first-order valence-corrected chi connectivity index (χ1v) is 7.88. The van der Waals surface area contributed by atoms with E-state index in [-0.39, 0.29) is 5.82 Å². The number of nitrogens with one attached hydrogen (secondary N) is 1. The molecular formula is C19H16FN3O2. The van der Waals surface area contributed by atoms with Crippen LogP contribution in [0.5, 0.6) is 0 Å². The summed E-state index contributed by atoms with van der Waals surface area (Å²) in [5.41, 5.74) is 3.63. The van der Waals surface area contributed by atoms with Crippen molar-refractivity contribution in [2.75, 3.05) is 12.4 Å². The number of carbonyl (C=O) groups is 1. The lowest BCUT2D eigenvalue weighted by Crippen LogP contribution is -2.28. The van der Waals surface area contributed by atoms with Crippen LogP contribution in [-0.2, 0) is 9.53 Å². The smallest absolute Gasteiger partial charge is 0.337 e. The molecule has 5 nitrogen and oxygen atoms in total. The summed E-state index contributed by atoms with van der Waals surface area (Å²) < 4.78 is 20.3. The maximum absolute atomic E-state index is 13.4. The van der Waals surface area contributed by atoms with Gasteiger partial charge < -0.3 is 10.1 Å². The van der Waals surface area contributed by atoms with E-state index in [9.17, 15) is 9.18 Å². The molecule has 0 fully saturated rings. The number of allylic oxidation sites excluding steroid dienone is 1. The van der Waals surface area contributed by atoms with Crippen LogP contribution in [0, 0.1) is 5.82 Å². The number of methoxy groups -OCH3 is 1. The number of rotatable bonds is 2. The van der Waals surface area contributed by atoms with E-state index in [0.717, 1.165) is 16.6 Å². The zero-order valence-corrected chi connectivity index (χ0v) is 13.8. The van der Waals surface area contributed by atoms with Gasteiger partial charge in [0, 0.05) is 5.70 Å². The molecule has 0 saturated heterocycles. The van der Waals surface area contributed by atoms with Crippen LogP contribution in [0.3, 0.4) is 0 Å². The number of fused-ring (bicyclic) bond motifs is 3. The van der Waals surface area contributed by atoms with Crippen LogP contribution in [0.25, 0.3) is 11.0 Å². The van der Waals surface area contributed by atoms with Crippen LogP contribution >= 0.6 is 0 Å². The van der Waals surface area contributed by atoms with E-state index < -0.39 is 12.0 Å². The van der Waals surface area contributed by atoms with Crippen LogP contribution in [0.15, 0.2) is 59.8 Å². The summed E-state index contributed by atoms with van der Waals surface area (Å²) in [5, 5.41) is 3.18. The Balaban J connectivity index is 2.01. The zero-order valence-electron chi connectivity index (χ0n) is 13.8. The first-order valence-electron chi connectivity index (χ1n) is 7.88. The summed E-state index contributed by atoms with van der Waals surface area (Å²) in [6, 6.07) is 13.4. The number of anilines is 1. The molecule has 2 aromatic carbocycles. The van der Waals surface area contributed by atoms with E-state index >= 15 is 0 Å². The highest BCUT2D eigenvalue weighted by Gasteiger charge is 2.34. The first-order chi connectivity index (χ1) is 12.1. The van der Waals surface area contributed by atoms with Gasteiger partial charge in [0.15, 0.2) is 0 Å². The van der Waals surface area contributed by atoms with Gasteiger partial charge in [-0.1, -0.05) is 24.3 Å². The molecule has 0 spiro atoms. The molecule has 1 N–H and O–H groups in total. The fourth-order valence-electron chi connectivity index (χ4n) is 3.30. The summed E-state index contributed by atoms with van der Waals surface area (Å²) in [4.78, 5) is 17.1. The van der Waals surface area contributed by atoms with Gasteiger partial charge >= 0.3 is 5.97 Å². The Morgan fingerprint density at radius 2 is 1.92 bits per heavy atom. The molecule has 0 bridgehead atoms. The van der Waals surface area contributed by atoms with E-state index in [1.54, 1.807) is 12.1 Å². The van der Waals surface area contributed by atoms with Crippen molar-refractivity contribution in [1.29, 1.82) is 0 Å². The van der Waals surface area contributed by atoms with Gasteiger partial charge in [-0.05, 0) is 36.8 Å². The number of esters is 1. The molecule has 4 rings (SSSR count). The topological polar surface area (TPSA) is 56.1 Å².